The highest BCUT2D eigenvalue weighted by molar-refractivity contribution is 5.31. The standard InChI is InChI=1S/C23H37N2/c1-4-5-6-7-8-9-10-11-15-18-23-24(21(2)3)19-20-25(23)22-16-13-12-14-17-22/h12-14,16-17,19-21H,4-11,15,18H2,1-3H3/q+1. The van der Waals surface area contributed by atoms with Crippen molar-refractivity contribution in [3.63, 3.8) is 0 Å². The van der Waals surface area contributed by atoms with Gasteiger partial charge in [0.15, 0.2) is 0 Å². The third-order valence-corrected chi connectivity index (χ3v) is 5.05. The second-order valence-electron chi connectivity index (χ2n) is 7.50. The molecule has 138 valence electrons. The molecule has 0 bridgehead atoms. The van der Waals surface area contributed by atoms with Crippen LogP contribution >= 0.6 is 0 Å². The van der Waals surface area contributed by atoms with Crippen molar-refractivity contribution in [2.45, 2.75) is 91.0 Å². The molecule has 0 aliphatic heterocycles. The first-order valence-electron chi connectivity index (χ1n) is 10.4. The van der Waals surface area contributed by atoms with Gasteiger partial charge in [0.2, 0.25) is 0 Å². The lowest BCUT2D eigenvalue weighted by Gasteiger charge is -2.08. The zero-order chi connectivity index (χ0) is 17.9. The van der Waals surface area contributed by atoms with Gasteiger partial charge in [-0.1, -0.05) is 76.5 Å². The molecule has 25 heavy (non-hydrogen) atoms. The second-order valence-corrected chi connectivity index (χ2v) is 7.50. The maximum atomic E-state index is 2.43. The Balaban J connectivity index is 1.83. The number of nitrogens with zero attached hydrogens (tertiary/aromatic N) is 2. The minimum atomic E-state index is 0.513. The van der Waals surface area contributed by atoms with Crippen LogP contribution in [0.1, 0.15) is 90.4 Å². The maximum Gasteiger partial charge on any atom is 0.261 e. The Labute approximate surface area is 154 Å². The van der Waals surface area contributed by atoms with Crippen molar-refractivity contribution in [1.82, 2.24) is 4.57 Å². The number of hydrogen-bond acceptors (Lipinski definition) is 0. The summed E-state index contributed by atoms with van der Waals surface area (Å²) in [6.07, 6.45) is 18.1. The van der Waals surface area contributed by atoms with Crippen LogP contribution < -0.4 is 4.57 Å². The van der Waals surface area contributed by atoms with E-state index in [9.17, 15) is 0 Å². The SMILES string of the molecule is CCCCCCCCCCCc1n(-c2ccccc2)cc[n+]1C(C)C. The van der Waals surface area contributed by atoms with Gasteiger partial charge in [-0.15, -0.1) is 0 Å². The molecule has 0 radical (unpaired) electrons. The van der Waals surface area contributed by atoms with Crippen LogP contribution in [0.3, 0.4) is 0 Å². The van der Waals surface area contributed by atoms with Gasteiger partial charge < -0.3 is 0 Å². The van der Waals surface area contributed by atoms with E-state index in [2.05, 4.69) is 72.6 Å². The van der Waals surface area contributed by atoms with Gasteiger partial charge in [-0.2, -0.15) is 4.57 Å². The third-order valence-electron chi connectivity index (χ3n) is 5.05. The Morgan fingerprint density at radius 2 is 1.44 bits per heavy atom. The van der Waals surface area contributed by atoms with Crippen molar-refractivity contribution in [1.29, 1.82) is 0 Å². The number of unbranched alkanes of at least 4 members (excludes halogenated alkanes) is 8. The molecular weight excluding hydrogens is 304 g/mol. The Morgan fingerprint density at radius 1 is 0.840 bits per heavy atom. The van der Waals surface area contributed by atoms with Crippen LogP contribution in [0.25, 0.3) is 5.69 Å². The first kappa shape index (κ1) is 19.8. The minimum absolute atomic E-state index is 0.513. The monoisotopic (exact) mass is 341 g/mol. The Bertz CT molecular complexity index is 583. The van der Waals surface area contributed by atoms with Gasteiger partial charge in [0, 0.05) is 6.42 Å². The smallest absolute Gasteiger partial charge is 0.232 e. The van der Waals surface area contributed by atoms with E-state index in [0.717, 1.165) is 6.42 Å². The van der Waals surface area contributed by atoms with Crippen LogP contribution in [-0.2, 0) is 6.42 Å². The number of imidazole rings is 1. The fourth-order valence-corrected chi connectivity index (χ4v) is 3.57. The predicted octanol–water partition coefficient (Wildman–Crippen LogP) is 6.42. The third kappa shape index (κ3) is 6.34. The van der Waals surface area contributed by atoms with Crippen LogP contribution in [0, 0.1) is 0 Å². The topological polar surface area (TPSA) is 8.81 Å². The average Bonchev–Trinajstić information content (AvgIpc) is 3.05. The molecule has 2 aromatic rings. The van der Waals surface area contributed by atoms with Gasteiger partial charge in [-0.25, -0.2) is 4.57 Å². The molecule has 0 atom stereocenters. The highest BCUT2D eigenvalue weighted by Crippen LogP contribution is 2.15. The summed E-state index contributed by atoms with van der Waals surface area (Å²) in [5, 5.41) is 0. The van der Waals surface area contributed by atoms with Gasteiger partial charge in [-0.05, 0) is 32.4 Å². The van der Waals surface area contributed by atoms with Crippen molar-refractivity contribution < 1.29 is 4.57 Å². The fourth-order valence-electron chi connectivity index (χ4n) is 3.57. The molecule has 2 rings (SSSR count). The molecule has 1 aromatic heterocycles. The summed E-state index contributed by atoms with van der Waals surface area (Å²) in [4.78, 5) is 0. The van der Waals surface area contributed by atoms with E-state index in [1.807, 2.05) is 0 Å². The Morgan fingerprint density at radius 3 is 2.04 bits per heavy atom. The molecule has 0 unspecified atom stereocenters. The molecule has 0 aliphatic carbocycles. The summed E-state index contributed by atoms with van der Waals surface area (Å²) in [5.74, 6) is 1.43. The van der Waals surface area contributed by atoms with E-state index in [0.29, 0.717) is 6.04 Å². The molecule has 1 aromatic carbocycles. The summed E-state index contributed by atoms with van der Waals surface area (Å²) in [6.45, 7) is 6.83. The van der Waals surface area contributed by atoms with Crippen LogP contribution in [-0.4, -0.2) is 4.57 Å². The van der Waals surface area contributed by atoms with Gasteiger partial charge in [0.25, 0.3) is 5.82 Å². The molecule has 0 amide bonds. The van der Waals surface area contributed by atoms with Gasteiger partial charge in [-0.3, -0.25) is 0 Å². The summed E-state index contributed by atoms with van der Waals surface area (Å²) in [6, 6.07) is 11.2. The average molecular weight is 342 g/mol. The Kier molecular flexibility index (Phi) is 8.79. The van der Waals surface area contributed by atoms with Crippen molar-refractivity contribution >= 4 is 0 Å². The van der Waals surface area contributed by atoms with Crippen molar-refractivity contribution in [3.05, 3.63) is 48.5 Å². The van der Waals surface area contributed by atoms with Crippen molar-refractivity contribution in [2.24, 2.45) is 0 Å². The first-order chi connectivity index (χ1) is 12.2. The number of benzene rings is 1. The number of para-hydroxylation sites is 1. The van der Waals surface area contributed by atoms with Gasteiger partial charge in [0.1, 0.15) is 18.1 Å². The molecule has 2 heteroatoms. The highest BCUT2D eigenvalue weighted by Gasteiger charge is 2.20. The number of hydrogen-bond donors (Lipinski definition) is 0. The lowest BCUT2D eigenvalue weighted by Crippen LogP contribution is -2.39. The van der Waals surface area contributed by atoms with Gasteiger partial charge in [0.05, 0.1) is 6.04 Å². The molecule has 0 aliphatic rings. The lowest BCUT2D eigenvalue weighted by molar-refractivity contribution is -0.722. The van der Waals surface area contributed by atoms with E-state index in [4.69, 9.17) is 0 Å². The first-order valence-corrected chi connectivity index (χ1v) is 10.4. The second kappa shape index (κ2) is 11.1. The molecular formula is C23H37N2+. The quantitative estimate of drug-likeness (QED) is 0.311. The van der Waals surface area contributed by atoms with Crippen LogP contribution in [0.4, 0.5) is 0 Å². The van der Waals surface area contributed by atoms with Gasteiger partial charge >= 0.3 is 0 Å². The zero-order valence-electron chi connectivity index (χ0n) is 16.6. The van der Waals surface area contributed by atoms with Crippen molar-refractivity contribution in [2.75, 3.05) is 0 Å². The molecule has 0 spiro atoms. The van der Waals surface area contributed by atoms with E-state index in [-0.39, 0.29) is 0 Å². The Hall–Kier alpha value is -1.57. The fraction of sp³-hybridized carbons (Fsp3) is 0.609. The molecule has 0 saturated heterocycles. The van der Waals surface area contributed by atoms with Crippen molar-refractivity contribution in [3.8, 4) is 5.69 Å². The molecule has 0 saturated carbocycles. The van der Waals surface area contributed by atoms with E-state index < -0.39 is 0 Å². The molecule has 0 N–H and O–H groups in total. The summed E-state index contributed by atoms with van der Waals surface area (Å²) in [5.41, 5.74) is 1.27. The highest BCUT2D eigenvalue weighted by atomic mass is 15.2. The van der Waals surface area contributed by atoms with E-state index in [1.165, 1.54) is 69.3 Å². The molecule has 0 fully saturated rings. The number of aromatic nitrogens is 2. The molecule has 2 nitrogen and oxygen atoms in total. The maximum absolute atomic E-state index is 2.43. The van der Waals surface area contributed by atoms with E-state index >= 15 is 0 Å². The predicted molar refractivity (Wildman–Crippen MR) is 107 cm³/mol. The van der Waals surface area contributed by atoms with Crippen LogP contribution in [0.2, 0.25) is 0 Å². The molecule has 1 heterocycles. The summed E-state index contributed by atoms with van der Waals surface area (Å²) >= 11 is 0. The van der Waals surface area contributed by atoms with Crippen LogP contribution in [0.5, 0.6) is 0 Å². The lowest BCUT2D eigenvalue weighted by atomic mass is 10.1. The number of rotatable bonds is 12. The minimum Gasteiger partial charge on any atom is -0.232 e. The van der Waals surface area contributed by atoms with Crippen LogP contribution in [0.15, 0.2) is 42.7 Å². The normalized spacial score (nSPS) is 11.4. The van der Waals surface area contributed by atoms with E-state index in [1.54, 1.807) is 0 Å². The zero-order valence-corrected chi connectivity index (χ0v) is 16.6. The summed E-state index contributed by atoms with van der Waals surface area (Å²) in [7, 11) is 0. The summed E-state index contributed by atoms with van der Waals surface area (Å²) < 4.78 is 4.79. The largest absolute Gasteiger partial charge is 0.261 e.